The van der Waals surface area contributed by atoms with E-state index in [1.165, 1.54) is 0 Å². The average Bonchev–Trinajstić information content (AvgIpc) is 2.26. The van der Waals surface area contributed by atoms with Crippen LogP contribution < -0.4 is 0 Å². The Labute approximate surface area is 107 Å². The molecule has 0 unspecified atom stereocenters. The minimum atomic E-state index is -0.316. The van der Waals surface area contributed by atoms with Crippen LogP contribution in [0.1, 0.15) is 33.5 Å². The van der Waals surface area contributed by atoms with Crippen molar-refractivity contribution >= 4 is 17.6 Å². The van der Waals surface area contributed by atoms with Gasteiger partial charge < -0.3 is 4.74 Å². The summed E-state index contributed by atoms with van der Waals surface area (Å²) in [5.41, 5.74) is 3.23. The first-order valence-corrected chi connectivity index (χ1v) is 5.91. The molecule has 0 amide bonds. The molecule has 0 atom stereocenters. The van der Waals surface area contributed by atoms with Gasteiger partial charge in [0.25, 0.3) is 0 Å². The first kappa shape index (κ1) is 13.8. The van der Waals surface area contributed by atoms with Gasteiger partial charge in [-0.05, 0) is 43.9 Å². The maximum atomic E-state index is 11.9. The van der Waals surface area contributed by atoms with Crippen molar-refractivity contribution in [3.63, 3.8) is 0 Å². The van der Waals surface area contributed by atoms with E-state index in [-0.39, 0.29) is 5.97 Å². The molecule has 0 heterocycles. The SMILES string of the molecule is C=CCCOC(=O)c1c(C)cc(C)c(Cl)c1C. The van der Waals surface area contributed by atoms with Gasteiger partial charge in [0.05, 0.1) is 12.2 Å². The standard InChI is InChI=1S/C14H17ClO2/c1-5-6-7-17-14(16)12-9(2)8-10(3)13(15)11(12)4/h5,8H,1,6-7H2,2-4H3. The van der Waals surface area contributed by atoms with E-state index in [1.54, 1.807) is 6.08 Å². The predicted octanol–water partition coefficient (Wildman–Crippen LogP) is 4.00. The topological polar surface area (TPSA) is 26.3 Å². The van der Waals surface area contributed by atoms with Crippen LogP contribution in [0.2, 0.25) is 5.02 Å². The van der Waals surface area contributed by atoms with Crippen molar-refractivity contribution in [3.05, 3.63) is 46.0 Å². The number of ether oxygens (including phenoxy) is 1. The molecule has 0 saturated carbocycles. The van der Waals surface area contributed by atoms with E-state index < -0.39 is 0 Å². The Bertz CT molecular complexity index is 450. The molecule has 0 radical (unpaired) electrons. The zero-order valence-electron chi connectivity index (χ0n) is 10.5. The van der Waals surface area contributed by atoms with Gasteiger partial charge in [0.1, 0.15) is 0 Å². The Kier molecular flexibility index (Phi) is 4.76. The molecule has 1 rings (SSSR count). The summed E-state index contributed by atoms with van der Waals surface area (Å²) in [4.78, 5) is 11.9. The van der Waals surface area contributed by atoms with Gasteiger partial charge in [-0.15, -0.1) is 6.58 Å². The molecule has 92 valence electrons. The quantitative estimate of drug-likeness (QED) is 0.460. The molecule has 2 nitrogen and oxygen atoms in total. The maximum absolute atomic E-state index is 11.9. The van der Waals surface area contributed by atoms with Crippen molar-refractivity contribution in [3.8, 4) is 0 Å². The first-order chi connectivity index (χ1) is 7.99. The van der Waals surface area contributed by atoms with Crippen LogP contribution >= 0.6 is 11.6 Å². The van der Waals surface area contributed by atoms with E-state index >= 15 is 0 Å². The van der Waals surface area contributed by atoms with E-state index in [2.05, 4.69) is 6.58 Å². The van der Waals surface area contributed by atoms with Gasteiger partial charge in [-0.1, -0.05) is 23.7 Å². The zero-order valence-corrected chi connectivity index (χ0v) is 11.2. The van der Waals surface area contributed by atoms with Gasteiger partial charge in [-0.2, -0.15) is 0 Å². The third-order valence-electron chi connectivity index (χ3n) is 2.64. The summed E-state index contributed by atoms with van der Waals surface area (Å²) < 4.78 is 5.16. The number of halogens is 1. The molecule has 0 bridgehead atoms. The number of benzene rings is 1. The van der Waals surface area contributed by atoms with E-state index in [4.69, 9.17) is 16.3 Å². The third kappa shape index (κ3) is 3.10. The van der Waals surface area contributed by atoms with Crippen LogP contribution in [0, 0.1) is 20.8 Å². The van der Waals surface area contributed by atoms with Gasteiger partial charge in [-0.25, -0.2) is 4.79 Å². The number of esters is 1. The number of carbonyl (C=O) groups is 1. The predicted molar refractivity (Wildman–Crippen MR) is 70.8 cm³/mol. The Morgan fingerprint density at radius 3 is 2.65 bits per heavy atom. The molecule has 0 N–H and O–H groups in total. The molecule has 0 aliphatic heterocycles. The number of aryl methyl sites for hydroxylation is 2. The summed E-state index contributed by atoms with van der Waals surface area (Å²) >= 11 is 6.14. The summed E-state index contributed by atoms with van der Waals surface area (Å²) in [6, 6.07) is 1.90. The van der Waals surface area contributed by atoms with Gasteiger partial charge >= 0.3 is 5.97 Å². The molecule has 0 aliphatic rings. The molecule has 1 aromatic carbocycles. The van der Waals surface area contributed by atoms with Crippen molar-refractivity contribution in [1.29, 1.82) is 0 Å². The normalized spacial score (nSPS) is 10.1. The highest BCUT2D eigenvalue weighted by Crippen LogP contribution is 2.27. The molecule has 0 fully saturated rings. The van der Waals surface area contributed by atoms with Gasteiger partial charge in [0.2, 0.25) is 0 Å². The lowest BCUT2D eigenvalue weighted by molar-refractivity contribution is 0.0510. The summed E-state index contributed by atoms with van der Waals surface area (Å²) in [6.45, 7) is 9.59. The molecule has 17 heavy (non-hydrogen) atoms. The molecule has 0 aliphatic carbocycles. The largest absolute Gasteiger partial charge is 0.462 e. The monoisotopic (exact) mass is 252 g/mol. The van der Waals surface area contributed by atoms with Crippen LogP contribution in [-0.2, 0) is 4.74 Å². The Balaban J connectivity index is 3.01. The van der Waals surface area contributed by atoms with E-state index in [0.29, 0.717) is 23.6 Å². The number of carbonyl (C=O) groups excluding carboxylic acids is 1. The number of hydrogen-bond acceptors (Lipinski definition) is 2. The fourth-order valence-corrected chi connectivity index (χ4v) is 1.93. The van der Waals surface area contributed by atoms with Crippen LogP contribution in [-0.4, -0.2) is 12.6 Å². The van der Waals surface area contributed by atoms with Gasteiger partial charge in [0.15, 0.2) is 0 Å². The van der Waals surface area contributed by atoms with Crippen molar-refractivity contribution in [2.24, 2.45) is 0 Å². The van der Waals surface area contributed by atoms with Crippen molar-refractivity contribution in [2.45, 2.75) is 27.2 Å². The highest BCUT2D eigenvalue weighted by Gasteiger charge is 2.17. The Morgan fingerprint density at radius 2 is 2.06 bits per heavy atom. The summed E-state index contributed by atoms with van der Waals surface area (Å²) in [7, 11) is 0. The Morgan fingerprint density at radius 1 is 1.41 bits per heavy atom. The first-order valence-electron chi connectivity index (χ1n) is 5.53. The van der Waals surface area contributed by atoms with E-state index in [9.17, 15) is 4.79 Å². The second-order valence-corrected chi connectivity index (χ2v) is 4.42. The zero-order chi connectivity index (χ0) is 13.0. The molecular weight excluding hydrogens is 236 g/mol. The lowest BCUT2D eigenvalue weighted by Gasteiger charge is -2.12. The summed E-state index contributed by atoms with van der Waals surface area (Å²) in [5, 5.41) is 0.631. The fraction of sp³-hybridized carbons (Fsp3) is 0.357. The lowest BCUT2D eigenvalue weighted by Crippen LogP contribution is -2.10. The van der Waals surface area contributed by atoms with Crippen LogP contribution in [0.4, 0.5) is 0 Å². The van der Waals surface area contributed by atoms with Gasteiger partial charge in [-0.3, -0.25) is 0 Å². The third-order valence-corrected chi connectivity index (χ3v) is 3.22. The van der Waals surface area contributed by atoms with Crippen LogP contribution in [0.5, 0.6) is 0 Å². The maximum Gasteiger partial charge on any atom is 0.338 e. The second kappa shape index (κ2) is 5.87. The summed E-state index contributed by atoms with van der Waals surface area (Å²) in [5.74, 6) is -0.316. The molecule has 0 aromatic heterocycles. The summed E-state index contributed by atoms with van der Waals surface area (Å²) in [6.07, 6.45) is 2.37. The highest BCUT2D eigenvalue weighted by molar-refractivity contribution is 6.32. The lowest BCUT2D eigenvalue weighted by atomic mass is 10.00. The van der Waals surface area contributed by atoms with Crippen molar-refractivity contribution < 1.29 is 9.53 Å². The van der Waals surface area contributed by atoms with Crippen LogP contribution in [0.25, 0.3) is 0 Å². The van der Waals surface area contributed by atoms with E-state index in [1.807, 2.05) is 26.8 Å². The Hall–Kier alpha value is -1.28. The number of hydrogen-bond donors (Lipinski definition) is 0. The minimum Gasteiger partial charge on any atom is -0.462 e. The second-order valence-electron chi connectivity index (χ2n) is 4.04. The van der Waals surface area contributed by atoms with Crippen molar-refractivity contribution in [1.82, 2.24) is 0 Å². The highest BCUT2D eigenvalue weighted by atomic mass is 35.5. The molecule has 3 heteroatoms. The van der Waals surface area contributed by atoms with E-state index in [0.717, 1.165) is 16.7 Å². The van der Waals surface area contributed by atoms with Gasteiger partial charge in [0, 0.05) is 5.02 Å². The molecule has 1 aromatic rings. The van der Waals surface area contributed by atoms with Crippen LogP contribution in [0.15, 0.2) is 18.7 Å². The molecule has 0 saturated heterocycles. The molecular formula is C14H17ClO2. The average molecular weight is 253 g/mol. The van der Waals surface area contributed by atoms with Crippen molar-refractivity contribution in [2.75, 3.05) is 6.61 Å². The fourth-order valence-electron chi connectivity index (χ4n) is 1.78. The number of rotatable bonds is 4. The van der Waals surface area contributed by atoms with Crippen LogP contribution in [0.3, 0.4) is 0 Å². The smallest absolute Gasteiger partial charge is 0.338 e. The minimum absolute atomic E-state index is 0.316. The molecule has 0 spiro atoms.